The van der Waals surface area contributed by atoms with Crippen LogP contribution in [0, 0.1) is 0 Å². The second kappa shape index (κ2) is 8.25. The SMILES string of the molecule is COCCN(CCC(N)=NO)S(=O)(=O)NC(C)C. The molecule has 0 amide bonds. The molecule has 0 aromatic carbocycles. The third-order valence-electron chi connectivity index (χ3n) is 2.02. The van der Waals surface area contributed by atoms with Crippen molar-refractivity contribution in [2.75, 3.05) is 26.8 Å². The number of nitrogens with one attached hydrogen (secondary N) is 1. The van der Waals surface area contributed by atoms with E-state index < -0.39 is 10.2 Å². The molecule has 8 nitrogen and oxygen atoms in total. The van der Waals surface area contributed by atoms with E-state index in [1.54, 1.807) is 13.8 Å². The minimum absolute atomic E-state index is 0.0165. The first-order chi connectivity index (χ1) is 8.33. The first-order valence-corrected chi connectivity index (χ1v) is 7.00. The van der Waals surface area contributed by atoms with Crippen molar-refractivity contribution in [3.63, 3.8) is 0 Å². The summed E-state index contributed by atoms with van der Waals surface area (Å²) in [5, 5.41) is 11.2. The molecule has 0 saturated carbocycles. The number of methoxy groups -OCH3 is 1. The van der Waals surface area contributed by atoms with Crippen LogP contribution >= 0.6 is 0 Å². The van der Waals surface area contributed by atoms with Crippen LogP contribution in [0.3, 0.4) is 0 Å². The van der Waals surface area contributed by atoms with E-state index in [1.807, 2.05) is 0 Å². The van der Waals surface area contributed by atoms with E-state index in [4.69, 9.17) is 15.7 Å². The molecular formula is C9H22N4O4S. The fraction of sp³-hybridized carbons (Fsp3) is 0.889. The molecule has 108 valence electrons. The van der Waals surface area contributed by atoms with E-state index in [1.165, 1.54) is 11.4 Å². The van der Waals surface area contributed by atoms with Crippen LogP contribution in [0.1, 0.15) is 20.3 Å². The molecule has 0 spiro atoms. The van der Waals surface area contributed by atoms with Crippen LogP contribution in [0.25, 0.3) is 0 Å². The van der Waals surface area contributed by atoms with Crippen molar-refractivity contribution >= 4 is 16.0 Å². The zero-order chi connectivity index (χ0) is 14.2. The van der Waals surface area contributed by atoms with Crippen LogP contribution in [0.15, 0.2) is 5.16 Å². The fourth-order valence-electron chi connectivity index (χ4n) is 1.21. The Morgan fingerprint density at radius 3 is 2.56 bits per heavy atom. The molecule has 0 fully saturated rings. The maximum Gasteiger partial charge on any atom is 0.279 e. The Labute approximate surface area is 108 Å². The summed E-state index contributed by atoms with van der Waals surface area (Å²) in [5.74, 6) is -0.0165. The first kappa shape index (κ1) is 17.1. The van der Waals surface area contributed by atoms with Gasteiger partial charge in [-0.05, 0) is 13.8 Å². The van der Waals surface area contributed by atoms with Crippen LogP contribution in [0.5, 0.6) is 0 Å². The van der Waals surface area contributed by atoms with E-state index in [-0.39, 0.29) is 38.0 Å². The molecule has 0 heterocycles. The Morgan fingerprint density at radius 1 is 1.50 bits per heavy atom. The van der Waals surface area contributed by atoms with Gasteiger partial charge in [0.25, 0.3) is 10.2 Å². The molecule has 4 N–H and O–H groups in total. The van der Waals surface area contributed by atoms with Gasteiger partial charge in [-0.15, -0.1) is 0 Å². The molecule has 0 radical (unpaired) electrons. The van der Waals surface area contributed by atoms with Crippen LogP contribution in [0.2, 0.25) is 0 Å². The second-order valence-electron chi connectivity index (χ2n) is 4.01. The number of oxime groups is 1. The molecular weight excluding hydrogens is 260 g/mol. The van der Waals surface area contributed by atoms with Crippen molar-refractivity contribution in [2.45, 2.75) is 26.3 Å². The van der Waals surface area contributed by atoms with E-state index in [2.05, 4.69) is 9.88 Å². The van der Waals surface area contributed by atoms with Crippen molar-refractivity contribution in [3.8, 4) is 0 Å². The van der Waals surface area contributed by atoms with Gasteiger partial charge in [0, 0.05) is 32.7 Å². The lowest BCUT2D eigenvalue weighted by atomic mass is 10.4. The van der Waals surface area contributed by atoms with Crippen molar-refractivity contribution in [1.29, 1.82) is 0 Å². The van der Waals surface area contributed by atoms with E-state index >= 15 is 0 Å². The minimum atomic E-state index is -3.59. The molecule has 18 heavy (non-hydrogen) atoms. The topological polar surface area (TPSA) is 117 Å². The maximum absolute atomic E-state index is 12.0. The summed E-state index contributed by atoms with van der Waals surface area (Å²) in [4.78, 5) is 0. The summed E-state index contributed by atoms with van der Waals surface area (Å²) >= 11 is 0. The minimum Gasteiger partial charge on any atom is -0.409 e. The Hall–Kier alpha value is -0.900. The highest BCUT2D eigenvalue weighted by Gasteiger charge is 2.22. The van der Waals surface area contributed by atoms with Gasteiger partial charge in [0.1, 0.15) is 5.84 Å². The highest BCUT2D eigenvalue weighted by Crippen LogP contribution is 2.01. The highest BCUT2D eigenvalue weighted by molar-refractivity contribution is 7.87. The molecule has 0 rings (SSSR count). The lowest BCUT2D eigenvalue weighted by Gasteiger charge is -2.23. The second-order valence-corrected chi connectivity index (χ2v) is 5.71. The van der Waals surface area contributed by atoms with Gasteiger partial charge >= 0.3 is 0 Å². The number of nitrogens with two attached hydrogens (primary N) is 1. The van der Waals surface area contributed by atoms with Crippen molar-refractivity contribution in [2.24, 2.45) is 10.9 Å². The monoisotopic (exact) mass is 282 g/mol. The van der Waals surface area contributed by atoms with Crippen molar-refractivity contribution < 1.29 is 18.4 Å². The van der Waals surface area contributed by atoms with Gasteiger partial charge in [-0.3, -0.25) is 0 Å². The van der Waals surface area contributed by atoms with Gasteiger partial charge in [0.15, 0.2) is 0 Å². The van der Waals surface area contributed by atoms with Crippen LogP contribution in [0.4, 0.5) is 0 Å². The Kier molecular flexibility index (Phi) is 7.83. The predicted octanol–water partition coefficient (Wildman–Crippen LogP) is -0.686. The average molecular weight is 282 g/mol. The van der Waals surface area contributed by atoms with E-state index in [0.29, 0.717) is 0 Å². The van der Waals surface area contributed by atoms with Crippen LogP contribution in [-0.2, 0) is 14.9 Å². The van der Waals surface area contributed by atoms with Crippen LogP contribution < -0.4 is 10.5 Å². The Balaban J connectivity index is 4.65. The first-order valence-electron chi connectivity index (χ1n) is 5.56. The fourth-order valence-corrected chi connectivity index (χ4v) is 2.60. The van der Waals surface area contributed by atoms with Gasteiger partial charge in [-0.2, -0.15) is 17.4 Å². The molecule has 0 aliphatic heterocycles. The third kappa shape index (κ3) is 6.74. The number of amidine groups is 1. The molecule has 0 aliphatic carbocycles. The van der Waals surface area contributed by atoms with Gasteiger partial charge in [-0.1, -0.05) is 5.16 Å². The van der Waals surface area contributed by atoms with E-state index in [0.717, 1.165) is 0 Å². The number of hydrogen-bond acceptors (Lipinski definition) is 5. The van der Waals surface area contributed by atoms with E-state index in [9.17, 15) is 8.42 Å². The van der Waals surface area contributed by atoms with Crippen molar-refractivity contribution in [1.82, 2.24) is 9.03 Å². The summed E-state index contributed by atoms with van der Waals surface area (Å²) in [5.41, 5.74) is 5.32. The van der Waals surface area contributed by atoms with Crippen LogP contribution in [-0.4, -0.2) is 56.6 Å². The zero-order valence-electron chi connectivity index (χ0n) is 11.0. The van der Waals surface area contributed by atoms with Gasteiger partial charge in [0.05, 0.1) is 6.61 Å². The predicted molar refractivity (Wildman–Crippen MR) is 68.7 cm³/mol. The Morgan fingerprint density at radius 2 is 2.11 bits per heavy atom. The molecule has 0 aliphatic rings. The van der Waals surface area contributed by atoms with Gasteiger partial charge in [0.2, 0.25) is 0 Å². The summed E-state index contributed by atoms with van der Waals surface area (Å²) in [6, 6.07) is -0.205. The molecule has 0 aromatic heterocycles. The summed E-state index contributed by atoms with van der Waals surface area (Å²) in [6.07, 6.45) is 0.152. The molecule has 0 bridgehead atoms. The molecule has 0 aromatic rings. The molecule has 0 unspecified atom stereocenters. The summed E-state index contributed by atoms with van der Waals surface area (Å²) in [6.45, 7) is 4.07. The number of hydrogen-bond donors (Lipinski definition) is 3. The zero-order valence-corrected chi connectivity index (χ0v) is 11.8. The maximum atomic E-state index is 12.0. The highest BCUT2D eigenvalue weighted by atomic mass is 32.2. The summed E-state index contributed by atoms with van der Waals surface area (Å²) in [7, 11) is -2.10. The molecule has 0 saturated heterocycles. The third-order valence-corrected chi connectivity index (χ3v) is 3.83. The lowest BCUT2D eigenvalue weighted by molar-refractivity contribution is 0.179. The largest absolute Gasteiger partial charge is 0.409 e. The molecule has 9 heteroatoms. The van der Waals surface area contributed by atoms with Gasteiger partial charge < -0.3 is 15.7 Å². The number of rotatable bonds is 9. The quantitative estimate of drug-likeness (QED) is 0.224. The standard InChI is InChI=1S/C9H22N4O4S/c1-8(2)12-18(15,16)13(6-7-17-3)5-4-9(10)11-14/h8,12,14H,4-7H2,1-3H3,(H2,10,11). The number of ether oxygens (including phenoxy) is 1. The summed E-state index contributed by atoms with van der Waals surface area (Å²) < 4.78 is 32.5. The van der Waals surface area contributed by atoms with Gasteiger partial charge in [-0.25, -0.2) is 0 Å². The lowest BCUT2D eigenvalue weighted by Crippen LogP contribution is -2.45. The van der Waals surface area contributed by atoms with Crippen molar-refractivity contribution in [3.05, 3.63) is 0 Å². The molecule has 0 atom stereocenters. The average Bonchev–Trinajstić information content (AvgIpc) is 2.26. The number of nitrogens with zero attached hydrogens (tertiary/aromatic N) is 2. The smallest absolute Gasteiger partial charge is 0.279 e. The Bertz CT molecular complexity index is 356. The normalized spacial score (nSPS) is 13.5.